The predicted octanol–water partition coefficient (Wildman–Crippen LogP) is 11.4. The molecule has 0 heterocycles. The van der Waals surface area contributed by atoms with E-state index in [9.17, 15) is 0 Å². The van der Waals surface area contributed by atoms with Crippen molar-refractivity contribution in [3.63, 3.8) is 0 Å². The Balaban J connectivity index is 1.10. The first-order valence-electron chi connectivity index (χ1n) is 14.7. The lowest BCUT2D eigenvalue weighted by Crippen LogP contribution is -2.14. The molecule has 0 amide bonds. The van der Waals surface area contributed by atoms with Crippen molar-refractivity contribution in [1.29, 1.82) is 0 Å². The molecule has 1 aliphatic carbocycles. The maximum absolute atomic E-state index is 3.73. The molecule has 0 aliphatic heterocycles. The van der Waals surface area contributed by atoms with Crippen LogP contribution in [-0.2, 0) is 5.41 Å². The molecule has 0 fully saturated rings. The topological polar surface area (TPSA) is 12.0 Å². The number of fused-ring (bicyclic) bond motifs is 5. The van der Waals surface area contributed by atoms with Crippen molar-refractivity contribution in [3.05, 3.63) is 157 Å². The standard InChI is InChI=1S/C41H31N/c1-41(2)37-11-6-5-10-36(37)40-38(41)12-7-13-39(40)42-35-22-20-28(21-23-35)31-17-15-29-16-19-33(26-34(29)25-31)32-18-14-27-8-3-4-9-30(27)24-32/h3-26,42H,1-2H3. The van der Waals surface area contributed by atoms with Crippen molar-refractivity contribution in [2.45, 2.75) is 19.3 Å². The predicted molar refractivity (Wildman–Crippen MR) is 180 cm³/mol. The van der Waals surface area contributed by atoms with Gasteiger partial charge in [-0.3, -0.25) is 0 Å². The van der Waals surface area contributed by atoms with Crippen LogP contribution in [0.3, 0.4) is 0 Å². The summed E-state index contributed by atoms with van der Waals surface area (Å²) in [6, 6.07) is 53.1. The molecule has 7 aromatic rings. The summed E-state index contributed by atoms with van der Waals surface area (Å²) in [5.74, 6) is 0. The van der Waals surface area contributed by atoms with Crippen LogP contribution in [0, 0.1) is 0 Å². The molecule has 0 radical (unpaired) electrons. The molecule has 42 heavy (non-hydrogen) atoms. The number of anilines is 2. The van der Waals surface area contributed by atoms with Gasteiger partial charge in [0.1, 0.15) is 0 Å². The molecule has 7 aromatic carbocycles. The van der Waals surface area contributed by atoms with E-state index in [-0.39, 0.29) is 5.41 Å². The highest BCUT2D eigenvalue weighted by molar-refractivity contribution is 5.94. The Labute approximate surface area is 247 Å². The number of nitrogens with one attached hydrogen (secondary N) is 1. The second-order valence-corrected chi connectivity index (χ2v) is 11.9. The first-order valence-corrected chi connectivity index (χ1v) is 14.7. The Bertz CT molecular complexity index is 2130. The largest absolute Gasteiger partial charge is 0.355 e. The van der Waals surface area contributed by atoms with E-state index in [1.54, 1.807) is 0 Å². The molecular weight excluding hydrogens is 506 g/mol. The van der Waals surface area contributed by atoms with Crippen molar-refractivity contribution in [1.82, 2.24) is 0 Å². The molecule has 8 rings (SSSR count). The number of benzene rings is 7. The smallest absolute Gasteiger partial charge is 0.0467 e. The van der Waals surface area contributed by atoms with Gasteiger partial charge in [0, 0.05) is 22.4 Å². The molecular formula is C41H31N. The highest BCUT2D eigenvalue weighted by Crippen LogP contribution is 2.51. The fourth-order valence-corrected chi connectivity index (χ4v) is 6.73. The van der Waals surface area contributed by atoms with Gasteiger partial charge in [-0.05, 0) is 96.9 Å². The Kier molecular flexibility index (Phi) is 5.55. The van der Waals surface area contributed by atoms with Crippen LogP contribution in [0.4, 0.5) is 11.4 Å². The van der Waals surface area contributed by atoms with Crippen LogP contribution in [0.25, 0.3) is 54.9 Å². The number of rotatable bonds is 4. The zero-order valence-electron chi connectivity index (χ0n) is 23.9. The maximum Gasteiger partial charge on any atom is 0.0467 e. The Morgan fingerprint density at radius 1 is 0.429 bits per heavy atom. The van der Waals surface area contributed by atoms with Crippen molar-refractivity contribution in [2.75, 3.05) is 5.32 Å². The van der Waals surface area contributed by atoms with Gasteiger partial charge in [-0.1, -0.05) is 123 Å². The Morgan fingerprint density at radius 3 is 1.71 bits per heavy atom. The minimum absolute atomic E-state index is 0.00226. The summed E-state index contributed by atoms with van der Waals surface area (Å²) in [7, 11) is 0. The van der Waals surface area contributed by atoms with Crippen molar-refractivity contribution in [2.24, 2.45) is 0 Å². The fraction of sp³-hybridized carbons (Fsp3) is 0.0732. The summed E-state index contributed by atoms with van der Waals surface area (Å²) >= 11 is 0. The first-order chi connectivity index (χ1) is 20.5. The van der Waals surface area contributed by atoms with Crippen LogP contribution in [0.2, 0.25) is 0 Å². The third-order valence-corrected chi connectivity index (χ3v) is 9.03. The van der Waals surface area contributed by atoms with E-state index in [0.29, 0.717) is 0 Å². The van der Waals surface area contributed by atoms with Crippen LogP contribution < -0.4 is 5.32 Å². The molecule has 0 atom stereocenters. The van der Waals surface area contributed by atoms with Gasteiger partial charge in [-0.15, -0.1) is 0 Å². The fourth-order valence-electron chi connectivity index (χ4n) is 6.73. The third-order valence-electron chi connectivity index (χ3n) is 9.03. The second kappa shape index (κ2) is 9.46. The lowest BCUT2D eigenvalue weighted by molar-refractivity contribution is 0.660. The summed E-state index contributed by atoms with van der Waals surface area (Å²) < 4.78 is 0. The molecule has 0 saturated heterocycles. The zero-order valence-corrected chi connectivity index (χ0v) is 23.9. The highest BCUT2D eigenvalue weighted by atomic mass is 14.9. The number of hydrogen-bond acceptors (Lipinski definition) is 1. The van der Waals surface area contributed by atoms with Crippen LogP contribution in [-0.4, -0.2) is 0 Å². The van der Waals surface area contributed by atoms with Crippen LogP contribution in [0.1, 0.15) is 25.0 Å². The Hall–Kier alpha value is -5.14. The van der Waals surface area contributed by atoms with Crippen molar-refractivity contribution < 1.29 is 0 Å². The van der Waals surface area contributed by atoms with Crippen LogP contribution >= 0.6 is 0 Å². The second-order valence-electron chi connectivity index (χ2n) is 11.9. The van der Waals surface area contributed by atoms with Gasteiger partial charge in [0.25, 0.3) is 0 Å². The summed E-state index contributed by atoms with van der Waals surface area (Å²) in [5.41, 5.74) is 12.6. The molecule has 1 N–H and O–H groups in total. The van der Waals surface area contributed by atoms with Gasteiger partial charge >= 0.3 is 0 Å². The SMILES string of the molecule is CC1(C)c2ccccc2-c2c(Nc3ccc(-c4ccc5ccc(-c6ccc7ccccc7c6)cc5c4)cc3)cccc21. The lowest BCUT2D eigenvalue weighted by Gasteiger charge is -2.21. The van der Waals surface area contributed by atoms with Crippen molar-refractivity contribution >= 4 is 32.9 Å². The van der Waals surface area contributed by atoms with Crippen LogP contribution in [0.5, 0.6) is 0 Å². The maximum atomic E-state index is 3.73. The Morgan fingerprint density at radius 2 is 0.976 bits per heavy atom. The zero-order chi connectivity index (χ0) is 28.3. The van der Waals surface area contributed by atoms with Crippen LogP contribution in [0.15, 0.2) is 146 Å². The average molecular weight is 538 g/mol. The summed E-state index contributed by atoms with van der Waals surface area (Å²) in [6.07, 6.45) is 0. The summed E-state index contributed by atoms with van der Waals surface area (Å²) in [4.78, 5) is 0. The molecule has 0 spiro atoms. The van der Waals surface area contributed by atoms with E-state index in [1.165, 1.54) is 66.1 Å². The minimum atomic E-state index is -0.00226. The monoisotopic (exact) mass is 537 g/mol. The average Bonchev–Trinajstić information content (AvgIpc) is 3.28. The molecule has 0 bridgehead atoms. The van der Waals surface area contributed by atoms with Gasteiger partial charge in [0.2, 0.25) is 0 Å². The molecule has 1 nitrogen and oxygen atoms in total. The van der Waals surface area contributed by atoms with E-state index in [1.807, 2.05) is 0 Å². The van der Waals surface area contributed by atoms with Gasteiger partial charge in [0.15, 0.2) is 0 Å². The van der Waals surface area contributed by atoms with E-state index in [2.05, 4.69) is 165 Å². The molecule has 1 heteroatoms. The highest BCUT2D eigenvalue weighted by Gasteiger charge is 2.36. The normalized spacial score (nSPS) is 13.2. The quantitative estimate of drug-likeness (QED) is 0.235. The van der Waals surface area contributed by atoms with Gasteiger partial charge in [-0.25, -0.2) is 0 Å². The lowest BCUT2D eigenvalue weighted by atomic mass is 9.82. The van der Waals surface area contributed by atoms with E-state index in [4.69, 9.17) is 0 Å². The molecule has 200 valence electrons. The van der Waals surface area contributed by atoms with E-state index < -0.39 is 0 Å². The molecule has 0 unspecified atom stereocenters. The third kappa shape index (κ3) is 4.01. The minimum Gasteiger partial charge on any atom is -0.355 e. The van der Waals surface area contributed by atoms with Gasteiger partial charge < -0.3 is 5.32 Å². The van der Waals surface area contributed by atoms with Gasteiger partial charge in [0.05, 0.1) is 0 Å². The van der Waals surface area contributed by atoms with Gasteiger partial charge in [-0.2, -0.15) is 0 Å². The molecule has 1 aliphatic rings. The number of hydrogen-bond donors (Lipinski definition) is 1. The molecule has 0 aromatic heterocycles. The molecule has 0 saturated carbocycles. The summed E-state index contributed by atoms with van der Waals surface area (Å²) in [5, 5.41) is 8.77. The summed E-state index contributed by atoms with van der Waals surface area (Å²) in [6.45, 7) is 4.65. The van der Waals surface area contributed by atoms with Crippen molar-refractivity contribution in [3.8, 4) is 33.4 Å². The first kappa shape index (κ1) is 24.6. The van der Waals surface area contributed by atoms with E-state index >= 15 is 0 Å². The van der Waals surface area contributed by atoms with E-state index in [0.717, 1.165) is 11.4 Å².